The third-order valence-electron chi connectivity index (χ3n) is 3.46. The van der Waals surface area contributed by atoms with Crippen LogP contribution in [-0.2, 0) is 6.54 Å². The highest BCUT2D eigenvalue weighted by Gasteiger charge is 2.21. The number of H-pyrrole nitrogens is 1. The van der Waals surface area contributed by atoms with Crippen LogP contribution in [-0.4, -0.2) is 27.1 Å². The Kier molecular flexibility index (Phi) is 4.85. The van der Waals surface area contributed by atoms with E-state index in [1.54, 1.807) is 6.20 Å². The van der Waals surface area contributed by atoms with Crippen LogP contribution in [0.2, 0.25) is 5.02 Å². The van der Waals surface area contributed by atoms with Gasteiger partial charge in [0, 0.05) is 11.2 Å². The van der Waals surface area contributed by atoms with Crippen molar-refractivity contribution in [3.8, 4) is 0 Å². The van der Waals surface area contributed by atoms with Crippen LogP contribution in [0.4, 0.5) is 0 Å². The van der Waals surface area contributed by atoms with Crippen molar-refractivity contribution < 1.29 is 0 Å². The molecule has 1 aromatic carbocycles. The molecule has 7 heteroatoms. The summed E-state index contributed by atoms with van der Waals surface area (Å²) in [6, 6.07) is 13.5. The van der Waals surface area contributed by atoms with Gasteiger partial charge in [0.1, 0.15) is 5.01 Å². The van der Waals surface area contributed by atoms with Gasteiger partial charge in [-0.15, -0.1) is 0 Å². The molecule has 118 valence electrons. The topological polar surface area (TPSA) is 61.9 Å². The molecule has 0 fully saturated rings. The molecule has 0 aliphatic carbocycles. The predicted octanol–water partition coefficient (Wildman–Crippen LogP) is 3.10. The minimum Gasteiger partial charge on any atom is -0.287 e. The zero-order valence-electron chi connectivity index (χ0n) is 12.4. The molecule has 3 aromatic rings. The Morgan fingerprint density at radius 2 is 2.04 bits per heavy atom. The zero-order chi connectivity index (χ0) is 16.2. The maximum absolute atomic E-state index is 11.3. The lowest BCUT2D eigenvalue weighted by Crippen LogP contribution is -2.26. The van der Waals surface area contributed by atoms with E-state index in [1.807, 2.05) is 49.5 Å². The van der Waals surface area contributed by atoms with Crippen molar-refractivity contribution in [2.75, 3.05) is 7.05 Å². The molecule has 0 aliphatic heterocycles. The summed E-state index contributed by atoms with van der Waals surface area (Å²) in [5, 5.41) is 7.93. The SMILES string of the molecule is CN(Cc1n[nH]c(=O)s1)[C@H](c1ccc(Cl)cc1)c1ccccn1. The third-order valence-corrected chi connectivity index (χ3v) is 4.45. The number of hydrogen-bond donors (Lipinski definition) is 1. The van der Waals surface area contributed by atoms with E-state index in [1.165, 1.54) is 0 Å². The summed E-state index contributed by atoms with van der Waals surface area (Å²) < 4.78 is 0. The van der Waals surface area contributed by atoms with Crippen LogP contribution >= 0.6 is 22.9 Å². The summed E-state index contributed by atoms with van der Waals surface area (Å²) in [5.74, 6) is 0. The minimum absolute atomic E-state index is 0.0486. The number of benzene rings is 1. The molecule has 0 spiro atoms. The number of nitrogens with one attached hydrogen (secondary N) is 1. The quantitative estimate of drug-likeness (QED) is 0.771. The van der Waals surface area contributed by atoms with Gasteiger partial charge in [0.2, 0.25) is 0 Å². The van der Waals surface area contributed by atoms with Gasteiger partial charge >= 0.3 is 4.87 Å². The van der Waals surface area contributed by atoms with Crippen LogP contribution in [0.3, 0.4) is 0 Å². The van der Waals surface area contributed by atoms with Crippen molar-refractivity contribution in [3.63, 3.8) is 0 Å². The van der Waals surface area contributed by atoms with Crippen LogP contribution in [0.25, 0.3) is 0 Å². The first-order chi connectivity index (χ1) is 11.1. The minimum atomic E-state index is -0.144. The van der Waals surface area contributed by atoms with Crippen molar-refractivity contribution in [2.24, 2.45) is 0 Å². The van der Waals surface area contributed by atoms with Gasteiger partial charge in [-0.25, -0.2) is 5.10 Å². The zero-order valence-corrected chi connectivity index (χ0v) is 14.0. The summed E-state index contributed by atoms with van der Waals surface area (Å²) in [6.45, 7) is 0.549. The molecule has 0 amide bonds. The van der Waals surface area contributed by atoms with Gasteiger partial charge < -0.3 is 0 Å². The summed E-state index contributed by atoms with van der Waals surface area (Å²) in [7, 11) is 1.99. The number of aromatic nitrogens is 3. The lowest BCUT2D eigenvalue weighted by Gasteiger charge is -2.27. The number of hydrogen-bond acceptors (Lipinski definition) is 5. The summed E-state index contributed by atoms with van der Waals surface area (Å²) in [4.78, 5) is 17.7. The molecular formula is C16H15ClN4OS. The van der Waals surface area contributed by atoms with E-state index in [9.17, 15) is 4.79 Å². The highest BCUT2D eigenvalue weighted by Crippen LogP contribution is 2.28. The molecule has 2 heterocycles. The molecule has 1 atom stereocenters. The van der Waals surface area contributed by atoms with Crippen molar-refractivity contribution in [3.05, 3.63) is 79.6 Å². The van der Waals surface area contributed by atoms with E-state index in [0.717, 1.165) is 27.6 Å². The molecule has 0 saturated heterocycles. The molecule has 5 nitrogen and oxygen atoms in total. The van der Waals surface area contributed by atoms with E-state index in [2.05, 4.69) is 20.1 Å². The van der Waals surface area contributed by atoms with E-state index >= 15 is 0 Å². The van der Waals surface area contributed by atoms with Gasteiger partial charge in [-0.05, 0) is 36.9 Å². The lowest BCUT2D eigenvalue weighted by molar-refractivity contribution is 0.265. The summed E-state index contributed by atoms with van der Waals surface area (Å²) >= 11 is 7.12. The van der Waals surface area contributed by atoms with Gasteiger partial charge in [-0.3, -0.25) is 14.7 Å². The van der Waals surface area contributed by atoms with Crippen molar-refractivity contribution in [1.82, 2.24) is 20.1 Å². The fraction of sp³-hybridized carbons (Fsp3) is 0.188. The van der Waals surface area contributed by atoms with E-state index < -0.39 is 0 Å². The first-order valence-corrected chi connectivity index (χ1v) is 8.24. The molecule has 0 radical (unpaired) electrons. The molecule has 1 N–H and O–H groups in total. The van der Waals surface area contributed by atoms with Gasteiger partial charge in [0.05, 0.1) is 18.3 Å². The van der Waals surface area contributed by atoms with E-state index in [0.29, 0.717) is 11.6 Å². The standard InChI is InChI=1S/C16H15ClN4OS/c1-21(10-14-19-20-16(22)23-14)15(13-4-2-3-9-18-13)11-5-7-12(17)8-6-11/h2-9,15H,10H2,1H3,(H,20,22)/t15-/m1/s1. The molecule has 0 unspecified atom stereocenters. The van der Waals surface area contributed by atoms with Crippen LogP contribution in [0, 0.1) is 0 Å². The summed E-state index contributed by atoms with van der Waals surface area (Å²) in [5.41, 5.74) is 2.01. The largest absolute Gasteiger partial charge is 0.322 e. The Labute approximate surface area is 142 Å². The molecule has 2 aromatic heterocycles. The smallest absolute Gasteiger partial charge is 0.287 e. The lowest BCUT2D eigenvalue weighted by atomic mass is 10.0. The first kappa shape index (κ1) is 15.9. The third kappa shape index (κ3) is 3.85. The van der Waals surface area contributed by atoms with Crippen molar-refractivity contribution >= 4 is 22.9 Å². The highest BCUT2D eigenvalue weighted by atomic mass is 35.5. The Bertz CT molecular complexity index is 816. The highest BCUT2D eigenvalue weighted by molar-refractivity contribution is 7.08. The van der Waals surface area contributed by atoms with E-state index in [-0.39, 0.29) is 10.9 Å². The Morgan fingerprint density at radius 1 is 1.26 bits per heavy atom. The van der Waals surface area contributed by atoms with Gasteiger partial charge in [0.25, 0.3) is 0 Å². The van der Waals surface area contributed by atoms with Crippen LogP contribution in [0.15, 0.2) is 53.5 Å². The van der Waals surface area contributed by atoms with E-state index in [4.69, 9.17) is 11.6 Å². The van der Waals surface area contributed by atoms with Crippen molar-refractivity contribution in [2.45, 2.75) is 12.6 Å². The monoisotopic (exact) mass is 346 g/mol. The Hall–Kier alpha value is -2.02. The number of pyridine rings is 1. The maximum Gasteiger partial charge on any atom is 0.322 e. The van der Waals surface area contributed by atoms with Crippen molar-refractivity contribution in [1.29, 1.82) is 0 Å². The van der Waals surface area contributed by atoms with Gasteiger partial charge in [-0.2, -0.15) is 5.10 Å². The second-order valence-electron chi connectivity index (χ2n) is 5.13. The average Bonchev–Trinajstić information content (AvgIpc) is 2.95. The summed E-state index contributed by atoms with van der Waals surface area (Å²) in [6.07, 6.45) is 1.78. The number of aromatic amines is 1. The predicted molar refractivity (Wildman–Crippen MR) is 91.7 cm³/mol. The molecule has 0 saturated carbocycles. The normalized spacial score (nSPS) is 12.5. The second-order valence-corrected chi connectivity index (χ2v) is 6.61. The van der Waals surface area contributed by atoms with Crippen LogP contribution in [0.1, 0.15) is 22.3 Å². The maximum atomic E-state index is 11.3. The molecule has 23 heavy (non-hydrogen) atoms. The molecular weight excluding hydrogens is 332 g/mol. The van der Waals surface area contributed by atoms with Crippen LogP contribution in [0.5, 0.6) is 0 Å². The number of nitrogens with zero attached hydrogens (tertiary/aromatic N) is 3. The number of halogens is 1. The first-order valence-electron chi connectivity index (χ1n) is 7.04. The van der Waals surface area contributed by atoms with Gasteiger partial charge in [0.15, 0.2) is 0 Å². The second kappa shape index (κ2) is 7.04. The molecule has 0 bridgehead atoms. The van der Waals surface area contributed by atoms with Gasteiger partial charge in [-0.1, -0.05) is 41.1 Å². The Balaban J connectivity index is 1.94. The van der Waals surface area contributed by atoms with Crippen LogP contribution < -0.4 is 4.87 Å². The molecule has 3 rings (SSSR count). The fourth-order valence-corrected chi connectivity index (χ4v) is 3.26. The Morgan fingerprint density at radius 3 is 2.65 bits per heavy atom. The fourth-order valence-electron chi connectivity index (χ4n) is 2.47. The number of rotatable bonds is 5. The molecule has 0 aliphatic rings. The average molecular weight is 347 g/mol.